The first kappa shape index (κ1) is 16.1. The third-order valence-electron chi connectivity index (χ3n) is 4.50. The van der Waals surface area contributed by atoms with Gasteiger partial charge in [-0.3, -0.25) is 4.98 Å². The fraction of sp³-hybridized carbons (Fsp3) is 0.143. The van der Waals surface area contributed by atoms with Crippen molar-refractivity contribution in [1.82, 2.24) is 9.97 Å². The second-order valence-corrected chi connectivity index (χ2v) is 6.64. The van der Waals surface area contributed by atoms with Crippen molar-refractivity contribution >= 4 is 33.4 Å². The van der Waals surface area contributed by atoms with Crippen LogP contribution in [0.4, 0.5) is 0 Å². The van der Waals surface area contributed by atoms with Gasteiger partial charge < -0.3 is 14.2 Å². The predicted octanol–water partition coefficient (Wildman–Crippen LogP) is 5.23. The lowest BCUT2D eigenvalue weighted by atomic mass is 10.1. The van der Waals surface area contributed by atoms with Crippen molar-refractivity contribution in [2.24, 2.45) is 0 Å². The van der Waals surface area contributed by atoms with Crippen LogP contribution in [0.15, 0.2) is 48.7 Å². The van der Waals surface area contributed by atoms with E-state index in [1.165, 1.54) is 0 Å². The molecule has 0 amide bonds. The lowest BCUT2D eigenvalue weighted by Crippen LogP contribution is -1.93. The summed E-state index contributed by atoms with van der Waals surface area (Å²) < 4.78 is 16.5. The Bertz CT molecular complexity index is 1190. The van der Waals surface area contributed by atoms with Crippen molar-refractivity contribution in [1.29, 1.82) is 0 Å². The lowest BCUT2D eigenvalue weighted by Gasteiger charge is -2.09. The Morgan fingerprint density at radius 1 is 1.00 bits per heavy atom. The highest BCUT2D eigenvalue weighted by atomic mass is 35.5. The van der Waals surface area contributed by atoms with Crippen LogP contribution in [0.25, 0.3) is 33.1 Å². The average Bonchev–Trinajstić information content (AvgIpc) is 3.13. The molecule has 0 bridgehead atoms. The van der Waals surface area contributed by atoms with Gasteiger partial charge >= 0.3 is 0 Å². The van der Waals surface area contributed by atoms with Gasteiger partial charge in [-0.05, 0) is 37.3 Å². The first-order valence-corrected chi connectivity index (χ1v) is 9.02. The molecule has 5 nitrogen and oxygen atoms in total. The fourth-order valence-electron chi connectivity index (χ4n) is 3.23. The van der Waals surface area contributed by atoms with Gasteiger partial charge in [-0.25, -0.2) is 4.98 Å². The number of halogens is 1. The van der Waals surface area contributed by atoms with Crippen LogP contribution in [0.1, 0.15) is 6.92 Å². The van der Waals surface area contributed by atoms with Crippen molar-refractivity contribution in [2.45, 2.75) is 6.92 Å². The summed E-state index contributed by atoms with van der Waals surface area (Å²) >= 11 is 6.52. The second kappa shape index (κ2) is 6.28. The number of pyridine rings is 2. The minimum Gasteiger partial charge on any atom is -0.494 e. The number of fused-ring (bicyclic) bond motifs is 3. The molecule has 0 N–H and O–H groups in total. The van der Waals surface area contributed by atoms with E-state index in [9.17, 15) is 0 Å². The number of rotatable bonds is 3. The van der Waals surface area contributed by atoms with Gasteiger partial charge in [-0.1, -0.05) is 11.6 Å². The Kier molecular flexibility index (Phi) is 3.76. The summed E-state index contributed by atoms with van der Waals surface area (Å²) in [5, 5.41) is 2.48. The summed E-state index contributed by atoms with van der Waals surface area (Å²) in [6.45, 7) is 2.80. The average molecular weight is 379 g/mol. The van der Waals surface area contributed by atoms with Crippen LogP contribution < -0.4 is 14.2 Å². The van der Waals surface area contributed by atoms with E-state index in [2.05, 4.69) is 4.98 Å². The number of nitrogens with zero attached hydrogens (tertiary/aromatic N) is 2. The van der Waals surface area contributed by atoms with E-state index in [4.69, 9.17) is 30.8 Å². The van der Waals surface area contributed by atoms with Crippen LogP contribution in [-0.2, 0) is 0 Å². The maximum Gasteiger partial charge on any atom is 0.231 e. The number of hydrogen-bond donors (Lipinski definition) is 0. The molecule has 0 spiro atoms. The maximum atomic E-state index is 6.52. The Balaban J connectivity index is 1.65. The van der Waals surface area contributed by atoms with Crippen molar-refractivity contribution < 1.29 is 14.2 Å². The van der Waals surface area contributed by atoms with Gasteiger partial charge in [0.1, 0.15) is 5.75 Å². The lowest BCUT2D eigenvalue weighted by molar-refractivity contribution is 0.174. The molecular weight excluding hydrogens is 364 g/mol. The molecule has 6 heteroatoms. The summed E-state index contributed by atoms with van der Waals surface area (Å²) in [5.74, 6) is 2.23. The Hall–Kier alpha value is -3.05. The number of benzene rings is 2. The van der Waals surface area contributed by atoms with Gasteiger partial charge in [0, 0.05) is 34.7 Å². The van der Waals surface area contributed by atoms with E-state index in [0.717, 1.165) is 38.9 Å². The van der Waals surface area contributed by atoms with Gasteiger partial charge in [-0.2, -0.15) is 0 Å². The minimum absolute atomic E-state index is 0.235. The summed E-state index contributed by atoms with van der Waals surface area (Å²) in [6, 6.07) is 13.5. The topological polar surface area (TPSA) is 53.5 Å². The van der Waals surface area contributed by atoms with E-state index < -0.39 is 0 Å². The van der Waals surface area contributed by atoms with Crippen LogP contribution in [0, 0.1) is 0 Å². The molecule has 5 rings (SSSR count). The zero-order valence-electron chi connectivity index (χ0n) is 14.5. The Morgan fingerprint density at radius 2 is 1.85 bits per heavy atom. The molecule has 134 valence electrons. The summed E-state index contributed by atoms with van der Waals surface area (Å²) in [6.07, 6.45) is 1.77. The first-order chi connectivity index (χ1) is 13.2. The highest BCUT2D eigenvalue weighted by Crippen LogP contribution is 2.37. The zero-order chi connectivity index (χ0) is 18.4. The molecule has 2 aromatic heterocycles. The Labute approximate surface area is 160 Å². The first-order valence-electron chi connectivity index (χ1n) is 8.64. The van der Waals surface area contributed by atoms with Gasteiger partial charge in [-0.15, -0.1) is 0 Å². The molecule has 1 aliphatic rings. The highest BCUT2D eigenvalue weighted by Gasteiger charge is 2.16. The molecule has 3 heterocycles. The van der Waals surface area contributed by atoms with Crippen molar-refractivity contribution in [3.63, 3.8) is 0 Å². The summed E-state index contributed by atoms with van der Waals surface area (Å²) in [5.41, 5.74) is 3.18. The third-order valence-corrected chi connectivity index (χ3v) is 4.79. The molecule has 27 heavy (non-hydrogen) atoms. The SMILES string of the molecule is CCOc1ccc2cc(Cl)c(-c3cnc4cc5c(cc4c3)OCO5)nc2c1. The molecule has 2 aromatic carbocycles. The largest absolute Gasteiger partial charge is 0.494 e. The van der Waals surface area contributed by atoms with E-state index in [-0.39, 0.29) is 6.79 Å². The Morgan fingerprint density at radius 3 is 2.70 bits per heavy atom. The van der Waals surface area contributed by atoms with Crippen LogP contribution in [0.5, 0.6) is 17.2 Å². The van der Waals surface area contributed by atoms with Crippen molar-refractivity contribution in [2.75, 3.05) is 13.4 Å². The molecule has 1 aliphatic heterocycles. The molecule has 4 aromatic rings. The van der Waals surface area contributed by atoms with Crippen LogP contribution >= 0.6 is 11.6 Å². The van der Waals surface area contributed by atoms with Crippen molar-refractivity contribution in [3.05, 3.63) is 53.7 Å². The molecule has 0 aliphatic carbocycles. The number of aromatic nitrogens is 2. The minimum atomic E-state index is 0.235. The van der Waals surface area contributed by atoms with E-state index in [1.807, 2.05) is 49.4 Å². The van der Waals surface area contributed by atoms with Crippen LogP contribution in [-0.4, -0.2) is 23.4 Å². The number of ether oxygens (including phenoxy) is 3. The molecule has 0 unspecified atom stereocenters. The van der Waals surface area contributed by atoms with Gasteiger partial charge in [0.15, 0.2) is 11.5 Å². The molecule has 0 fully saturated rings. The smallest absolute Gasteiger partial charge is 0.231 e. The summed E-state index contributed by atoms with van der Waals surface area (Å²) in [4.78, 5) is 9.30. The van der Waals surface area contributed by atoms with E-state index in [0.29, 0.717) is 23.1 Å². The van der Waals surface area contributed by atoms with Gasteiger partial charge in [0.05, 0.1) is 28.4 Å². The molecule has 0 saturated heterocycles. The molecule has 0 saturated carbocycles. The monoisotopic (exact) mass is 378 g/mol. The molecule has 0 radical (unpaired) electrons. The standard InChI is InChI=1S/C21H15ClN2O3/c1-2-25-15-4-3-12-6-16(22)21(24-18(12)8-15)14-5-13-7-19-20(27-11-26-19)9-17(13)23-10-14/h3-10H,2,11H2,1H3. The third kappa shape index (κ3) is 2.80. The number of hydrogen-bond acceptors (Lipinski definition) is 5. The quantitative estimate of drug-likeness (QED) is 0.488. The second-order valence-electron chi connectivity index (χ2n) is 6.23. The normalized spacial score (nSPS) is 12.7. The predicted molar refractivity (Wildman–Crippen MR) is 105 cm³/mol. The maximum absolute atomic E-state index is 6.52. The van der Waals surface area contributed by atoms with Crippen LogP contribution in [0.2, 0.25) is 5.02 Å². The zero-order valence-corrected chi connectivity index (χ0v) is 15.3. The fourth-order valence-corrected chi connectivity index (χ4v) is 3.50. The van der Waals surface area contributed by atoms with Gasteiger partial charge in [0.25, 0.3) is 0 Å². The van der Waals surface area contributed by atoms with Gasteiger partial charge in [0.2, 0.25) is 6.79 Å². The van der Waals surface area contributed by atoms with E-state index in [1.54, 1.807) is 6.20 Å². The highest BCUT2D eigenvalue weighted by molar-refractivity contribution is 6.33. The van der Waals surface area contributed by atoms with Crippen molar-refractivity contribution in [3.8, 4) is 28.5 Å². The summed E-state index contributed by atoms with van der Waals surface area (Å²) in [7, 11) is 0. The van der Waals surface area contributed by atoms with E-state index >= 15 is 0 Å². The van der Waals surface area contributed by atoms with Crippen LogP contribution in [0.3, 0.4) is 0 Å². The molecular formula is C21H15ClN2O3. The molecule has 0 atom stereocenters.